The van der Waals surface area contributed by atoms with Crippen LogP contribution in [-0.2, 0) is 0 Å². The molecule has 2 N–H and O–H groups in total. The fraction of sp³-hybridized carbons (Fsp3) is 0.700. The molecular weight excluding hydrogens is 196 g/mol. The quantitative estimate of drug-likeness (QED) is 0.739. The number of rotatable bonds is 5. The molecule has 0 saturated carbocycles. The molecule has 1 atom stereocenters. The Morgan fingerprint density at radius 2 is 2.21 bits per heavy atom. The standard InChI is InChI=1S/C10H18N2OS/c1-7(13)5-4-6-11-10-12-8(2)9(3)14-10/h7,13H,4-6H2,1-3H3,(H,11,12). The van der Waals surface area contributed by atoms with Gasteiger partial charge in [0.05, 0.1) is 11.8 Å². The van der Waals surface area contributed by atoms with Gasteiger partial charge in [0.2, 0.25) is 0 Å². The van der Waals surface area contributed by atoms with Crippen LogP contribution in [0.1, 0.15) is 30.3 Å². The van der Waals surface area contributed by atoms with Crippen molar-refractivity contribution in [3.8, 4) is 0 Å². The number of aliphatic hydroxyl groups excluding tert-OH is 1. The first-order chi connectivity index (χ1) is 6.59. The summed E-state index contributed by atoms with van der Waals surface area (Å²) in [7, 11) is 0. The molecule has 4 heteroatoms. The van der Waals surface area contributed by atoms with E-state index in [0.29, 0.717) is 0 Å². The number of hydrogen-bond acceptors (Lipinski definition) is 4. The van der Waals surface area contributed by atoms with Crippen molar-refractivity contribution in [1.29, 1.82) is 0 Å². The second kappa shape index (κ2) is 5.32. The van der Waals surface area contributed by atoms with Crippen molar-refractivity contribution in [2.45, 2.75) is 39.7 Å². The van der Waals surface area contributed by atoms with Crippen molar-refractivity contribution in [1.82, 2.24) is 4.98 Å². The van der Waals surface area contributed by atoms with Crippen LogP contribution >= 0.6 is 11.3 Å². The van der Waals surface area contributed by atoms with E-state index in [4.69, 9.17) is 5.11 Å². The summed E-state index contributed by atoms with van der Waals surface area (Å²) in [6.07, 6.45) is 1.63. The Bertz CT molecular complexity index is 264. The topological polar surface area (TPSA) is 45.2 Å². The molecule has 0 bridgehead atoms. The largest absolute Gasteiger partial charge is 0.393 e. The summed E-state index contributed by atoms with van der Waals surface area (Å²) in [6.45, 7) is 6.80. The Hall–Kier alpha value is -0.610. The van der Waals surface area contributed by atoms with Crippen LogP contribution in [-0.4, -0.2) is 22.7 Å². The highest BCUT2D eigenvalue weighted by molar-refractivity contribution is 7.15. The lowest BCUT2D eigenvalue weighted by Gasteiger charge is -2.04. The highest BCUT2D eigenvalue weighted by Gasteiger charge is 2.02. The van der Waals surface area contributed by atoms with Crippen molar-refractivity contribution in [2.75, 3.05) is 11.9 Å². The number of anilines is 1. The van der Waals surface area contributed by atoms with Crippen molar-refractivity contribution in [3.05, 3.63) is 10.6 Å². The monoisotopic (exact) mass is 214 g/mol. The third-order valence-electron chi connectivity index (χ3n) is 2.10. The molecule has 1 aromatic heterocycles. The van der Waals surface area contributed by atoms with E-state index in [1.165, 1.54) is 4.88 Å². The first kappa shape index (κ1) is 11.5. The number of nitrogens with zero attached hydrogens (tertiary/aromatic N) is 1. The van der Waals surface area contributed by atoms with Crippen LogP contribution in [0.4, 0.5) is 5.13 Å². The van der Waals surface area contributed by atoms with E-state index in [9.17, 15) is 0 Å². The zero-order valence-electron chi connectivity index (χ0n) is 9.00. The SMILES string of the molecule is Cc1nc(NCCCC(C)O)sc1C. The number of thiazole rings is 1. The molecule has 1 rings (SSSR count). The number of aromatic nitrogens is 1. The lowest BCUT2D eigenvalue weighted by molar-refractivity contribution is 0.183. The minimum absolute atomic E-state index is 0.198. The third-order valence-corrected chi connectivity index (χ3v) is 3.13. The molecule has 0 fully saturated rings. The normalized spacial score (nSPS) is 12.9. The predicted molar refractivity (Wildman–Crippen MR) is 61.0 cm³/mol. The molecule has 0 spiro atoms. The maximum Gasteiger partial charge on any atom is 0.183 e. The third kappa shape index (κ3) is 3.64. The Labute approximate surface area is 89.2 Å². The minimum atomic E-state index is -0.198. The molecule has 0 amide bonds. The summed E-state index contributed by atoms with van der Waals surface area (Å²) in [5, 5.41) is 13.3. The highest BCUT2D eigenvalue weighted by Crippen LogP contribution is 2.20. The number of nitrogens with one attached hydrogen (secondary N) is 1. The Kier molecular flexibility index (Phi) is 4.35. The molecule has 0 radical (unpaired) electrons. The zero-order valence-corrected chi connectivity index (χ0v) is 9.82. The maximum atomic E-state index is 9.06. The minimum Gasteiger partial charge on any atom is -0.393 e. The van der Waals surface area contributed by atoms with Crippen molar-refractivity contribution < 1.29 is 5.11 Å². The smallest absolute Gasteiger partial charge is 0.183 e. The van der Waals surface area contributed by atoms with Gasteiger partial charge in [-0.2, -0.15) is 0 Å². The molecule has 0 aliphatic heterocycles. The second-order valence-corrected chi connectivity index (χ2v) is 4.78. The van der Waals surface area contributed by atoms with E-state index in [1.54, 1.807) is 11.3 Å². The molecule has 0 aliphatic carbocycles. The second-order valence-electron chi connectivity index (χ2n) is 3.58. The molecule has 0 saturated heterocycles. The van der Waals surface area contributed by atoms with E-state index in [2.05, 4.69) is 17.2 Å². The van der Waals surface area contributed by atoms with Gasteiger partial charge in [-0.05, 0) is 33.6 Å². The van der Waals surface area contributed by atoms with Crippen LogP contribution in [0.3, 0.4) is 0 Å². The van der Waals surface area contributed by atoms with Gasteiger partial charge in [0.1, 0.15) is 0 Å². The maximum absolute atomic E-state index is 9.06. The van der Waals surface area contributed by atoms with Crippen LogP contribution in [0.25, 0.3) is 0 Å². The molecule has 0 aromatic carbocycles. The van der Waals surface area contributed by atoms with Crippen LogP contribution in [0.15, 0.2) is 0 Å². The summed E-state index contributed by atoms with van der Waals surface area (Å²) in [4.78, 5) is 5.64. The number of hydrogen-bond donors (Lipinski definition) is 2. The van der Waals surface area contributed by atoms with Crippen LogP contribution in [0, 0.1) is 13.8 Å². The first-order valence-corrected chi connectivity index (χ1v) is 5.77. The summed E-state index contributed by atoms with van der Waals surface area (Å²) < 4.78 is 0. The Morgan fingerprint density at radius 3 is 2.71 bits per heavy atom. The fourth-order valence-electron chi connectivity index (χ4n) is 1.14. The van der Waals surface area contributed by atoms with E-state index in [0.717, 1.165) is 30.2 Å². The van der Waals surface area contributed by atoms with Crippen LogP contribution < -0.4 is 5.32 Å². The van der Waals surface area contributed by atoms with Gasteiger partial charge in [-0.15, -0.1) is 11.3 Å². The van der Waals surface area contributed by atoms with E-state index in [1.807, 2.05) is 13.8 Å². The summed E-state index contributed by atoms with van der Waals surface area (Å²) >= 11 is 1.69. The Balaban J connectivity index is 2.25. The van der Waals surface area contributed by atoms with E-state index in [-0.39, 0.29) is 6.10 Å². The zero-order chi connectivity index (χ0) is 10.6. The average molecular weight is 214 g/mol. The van der Waals surface area contributed by atoms with Crippen molar-refractivity contribution >= 4 is 16.5 Å². The van der Waals surface area contributed by atoms with Crippen molar-refractivity contribution in [2.24, 2.45) is 0 Å². The van der Waals surface area contributed by atoms with Gasteiger partial charge in [-0.1, -0.05) is 0 Å². The van der Waals surface area contributed by atoms with Crippen LogP contribution in [0.2, 0.25) is 0 Å². The summed E-state index contributed by atoms with van der Waals surface area (Å²) in [5.74, 6) is 0. The molecule has 14 heavy (non-hydrogen) atoms. The lowest BCUT2D eigenvalue weighted by atomic mass is 10.2. The van der Waals surface area contributed by atoms with Gasteiger partial charge in [0.15, 0.2) is 5.13 Å². The molecular formula is C10H18N2OS. The highest BCUT2D eigenvalue weighted by atomic mass is 32.1. The molecule has 3 nitrogen and oxygen atoms in total. The molecule has 1 aromatic rings. The number of aliphatic hydroxyl groups is 1. The first-order valence-electron chi connectivity index (χ1n) is 4.95. The van der Waals surface area contributed by atoms with Crippen molar-refractivity contribution in [3.63, 3.8) is 0 Å². The molecule has 1 heterocycles. The lowest BCUT2D eigenvalue weighted by Crippen LogP contribution is -2.06. The molecule has 0 aliphatic rings. The Morgan fingerprint density at radius 1 is 1.50 bits per heavy atom. The molecule has 1 unspecified atom stereocenters. The average Bonchev–Trinajstić information content (AvgIpc) is 2.40. The molecule has 80 valence electrons. The fourth-order valence-corrected chi connectivity index (χ4v) is 1.98. The van der Waals surface area contributed by atoms with Gasteiger partial charge >= 0.3 is 0 Å². The van der Waals surface area contributed by atoms with Gasteiger partial charge < -0.3 is 10.4 Å². The van der Waals surface area contributed by atoms with Gasteiger partial charge in [0.25, 0.3) is 0 Å². The predicted octanol–water partition coefficient (Wildman–Crippen LogP) is 2.33. The van der Waals surface area contributed by atoms with E-state index >= 15 is 0 Å². The summed E-state index contributed by atoms with van der Waals surface area (Å²) in [6, 6.07) is 0. The summed E-state index contributed by atoms with van der Waals surface area (Å²) in [5.41, 5.74) is 1.10. The van der Waals surface area contributed by atoms with Gasteiger partial charge in [0, 0.05) is 11.4 Å². The van der Waals surface area contributed by atoms with Gasteiger partial charge in [-0.25, -0.2) is 4.98 Å². The van der Waals surface area contributed by atoms with E-state index < -0.39 is 0 Å². The number of aryl methyl sites for hydroxylation is 2. The van der Waals surface area contributed by atoms with Gasteiger partial charge in [-0.3, -0.25) is 0 Å². The van der Waals surface area contributed by atoms with Crippen LogP contribution in [0.5, 0.6) is 0 Å².